The summed E-state index contributed by atoms with van der Waals surface area (Å²) in [5, 5.41) is 10.5. The summed E-state index contributed by atoms with van der Waals surface area (Å²) in [7, 11) is 1.86. The lowest BCUT2D eigenvalue weighted by Crippen LogP contribution is -2.28. The van der Waals surface area contributed by atoms with Crippen LogP contribution in [0.1, 0.15) is 45.8 Å². The first-order valence-corrected chi connectivity index (χ1v) is 8.82. The molecule has 7 heteroatoms. The monoisotopic (exact) mass is 364 g/mol. The number of aromatic nitrogens is 4. The predicted molar refractivity (Wildman–Crippen MR) is 105 cm³/mol. The van der Waals surface area contributed by atoms with E-state index in [4.69, 9.17) is 0 Å². The minimum Gasteiger partial charge on any atom is -0.345 e. The van der Waals surface area contributed by atoms with Gasteiger partial charge in [-0.1, -0.05) is 17.7 Å². The Bertz CT molecular complexity index is 961. The van der Waals surface area contributed by atoms with E-state index in [2.05, 4.69) is 25.7 Å². The second-order valence-corrected chi connectivity index (χ2v) is 6.72. The van der Waals surface area contributed by atoms with Gasteiger partial charge in [0.15, 0.2) is 0 Å². The molecule has 140 valence electrons. The highest BCUT2D eigenvalue weighted by Gasteiger charge is 2.18. The van der Waals surface area contributed by atoms with Crippen molar-refractivity contribution in [3.63, 3.8) is 0 Å². The lowest BCUT2D eigenvalue weighted by atomic mass is 10.1. The minimum absolute atomic E-state index is 0.157. The van der Waals surface area contributed by atoms with Gasteiger partial charge in [-0.05, 0) is 39.8 Å². The highest BCUT2D eigenvalue weighted by Crippen LogP contribution is 2.18. The average molecular weight is 364 g/mol. The van der Waals surface area contributed by atoms with Gasteiger partial charge < -0.3 is 10.6 Å². The van der Waals surface area contributed by atoms with E-state index < -0.39 is 0 Å². The third-order valence-electron chi connectivity index (χ3n) is 4.40. The number of aryl methyl sites for hydroxylation is 4. The second-order valence-electron chi connectivity index (χ2n) is 6.72. The summed E-state index contributed by atoms with van der Waals surface area (Å²) in [5.74, 6) is 0.259. The molecule has 0 aliphatic rings. The van der Waals surface area contributed by atoms with Crippen molar-refractivity contribution in [3.05, 3.63) is 64.7 Å². The van der Waals surface area contributed by atoms with Crippen LogP contribution in [-0.4, -0.2) is 25.7 Å². The smallest absolute Gasteiger partial charge is 0.255 e. The van der Waals surface area contributed by atoms with Crippen LogP contribution in [0.5, 0.6) is 0 Å². The quantitative estimate of drug-likeness (QED) is 0.725. The summed E-state index contributed by atoms with van der Waals surface area (Å²) in [6.45, 7) is 7.70. The van der Waals surface area contributed by atoms with Gasteiger partial charge in [-0.3, -0.25) is 9.48 Å². The summed E-state index contributed by atoms with van der Waals surface area (Å²) in [4.78, 5) is 21.3. The number of anilines is 2. The van der Waals surface area contributed by atoms with Crippen molar-refractivity contribution >= 4 is 17.5 Å². The maximum Gasteiger partial charge on any atom is 0.255 e. The third-order valence-corrected chi connectivity index (χ3v) is 4.40. The van der Waals surface area contributed by atoms with Gasteiger partial charge in [0.05, 0.1) is 23.0 Å². The van der Waals surface area contributed by atoms with Crippen LogP contribution in [0.2, 0.25) is 0 Å². The van der Waals surface area contributed by atoms with E-state index in [1.54, 1.807) is 17.8 Å². The number of nitrogens with zero attached hydrogens (tertiary/aromatic N) is 4. The zero-order chi connectivity index (χ0) is 19.6. The number of carbonyl (C=O) groups excluding carboxylic acids is 1. The minimum atomic E-state index is -0.204. The SMILES string of the molecule is Cc1ccc(Nc2ncc(C(=O)N[C@H](C)c3cn(C)nc3C)c(C)n2)cc1. The zero-order valence-electron chi connectivity index (χ0n) is 16.2. The zero-order valence-corrected chi connectivity index (χ0v) is 16.2. The topological polar surface area (TPSA) is 84.7 Å². The highest BCUT2D eigenvalue weighted by molar-refractivity contribution is 5.95. The van der Waals surface area contributed by atoms with Crippen LogP contribution in [0.4, 0.5) is 11.6 Å². The lowest BCUT2D eigenvalue weighted by Gasteiger charge is -2.14. The molecular weight excluding hydrogens is 340 g/mol. The molecule has 2 N–H and O–H groups in total. The molecule has 0 radical (unpaired) electrons. The Morgan fingerprint density at radius 2 is 1.81 bits per heavy atom. The van der Waals surface area contributed by atoms with Gasteiger partial charge in [0.2, 0.25) is 5.95 Å². The molecule has 2 heterocycles. The van der Waals surface area contributed by atoms with Crippen molar-refractivity contribution in [2.45, 2.75) is 33.7 Å². The van der Waals surface area contributed by atoms with Gasteiger partial charge in [-0.2, -0.15) is 5.10 Å². The van der Waals surface area contributed by atoms with Crippen LogP contribution in [0.15, 0.2) is 36.7 Å². The fourth-order valence-electron chi connectivity index (χ4n) is 2.91. The van der Waals surface area contributed by atoms with E-state index >= 15 is 0 Å². The number of benzene rings is 1. The van der Waals surface area contributed by atoms with Gasteiger partial charge >= 0.3 is 0 Å². The van der Waals surface area contributed by atoms with E-state index in [1.807, 2.05) is 58.3 Å². The fourth-order valence-corrected chi connectivity index (χ4v) is 2.91. The Hall–Kier alpha value is -3.22. The van der Waals surface area contributed by atoms with Crippen molar-refractivity contribution in [2.24, 2.45) is 7.05 Å². The molecule has 3 aromatic rings. The number of hydrogen-bond donors (Lipinski definition) is 2. The standard InChI is InChI=1S/C20H24N6O/c1-12-6-8-16(9-7-12)24-20-21-10-17(13(2)23-20)19(27)22-14(3)18-11-26(5)25-15(18)4/h6-11,14H,1-5H3,(H,22,27)(H,21,23,24)/t14-/m1/s1. The molecular formula is C20H24N6O. The molecule has 0 unspecified atom stereocenters. The number of carbonyl (C=O) groups is 1. The van der Waals surface area contributed by atoms with E-state index in [0.717, 1.165) is 16.9 Å². The maximum atomic E-state index is 12.6. The molecule has 0 aliphatic carbocycles. The van der Waals surface area contributed by atoms with Crippen molar-refractivity contribution in [1.82, 2.24) is 25.1 Å². The molecule has 1 atom stereocenters. The predicted octanol–water partition coefficient (Wildman–Crippen LogP) is 3.37. The Balaban J connectivity index is 1.72. The molecule has 0 aliphatic heterocycles. The van der Waals surface area contributed by atoms with Gasteiger partial charge in [-0.25, -0.2) is 9.97 Å². The van der Waals surface area contributed by atoms with Gasteiger partial charge in [0, 0.05) is 30.7 Å². The van der Waals surface area contributed by atoms with E-state index in [0.29, 0.717) is 17.2 Å². The van der Waals surface area contributed by atoms with Crippen molar-refractivity contribution in [2.75, 3.05) is 5.32 Å². The Morgan fingerprint density at radius 3 is 2.41 bits per heavy atom. The summed E-state index contributed by atoms with van der Waals surface area (Å²) >= 11 is 0. The van der Waals surface area contributed by atoms with Gasteiger partial charge in [0.25, 0.3) is 5.91 Å². The van der Waals surface area contributed by atoms with E-state index in [-0.39, 0.29) is 11.9 Å². The van der Waals surface area contributed by atoms with E-state index in [1.165, 1.54) is 5.56 Å². The number of hydrogen-bond acceptors (Lipinski definition) is 5. The summed E-state index contributed by atoms with van der Waals surface area (Å²) in [5.41, 5.74) is 5.04. The first-order valence-electron chi connectivity index (χ1n) is 8.82. The van der Waals surface area contributed by atoms with Crippen LogP contribution in [0.25, 0.3) is 0 Å². The first-order chi connectivity index (χ1) is 12.8. The Kier molecular flexibility index (Phi) is 5.21. The molecule has 2 aromatic heterocycles. The van der Waals surface area contributed by atoms with Crippen LogP contribution < -0.4 is 10.6 Å². The third kappa shape index (κ3) is 4.31. The molecule has 0 fully saturated rings. The fraction of sp³-hybridized carbons (Fsp3) is 0.300. The lowest BCUT2D eigenvalue weighted by molar-refractivity contribution is 0.0938. The molecule has 3 rings (SSSR count). The van der Waals surface area contributed by atoms with Crippen molar-refractivity contribution in [3.8, 4) is 0 Å². The highest BCUT2D eigenvalue weighted by atomic mass is 16.1. The van der Waals surface area contributed by atoms with Crippen molar-refractivity contribution < 1.29 is 4.79 Å². The van der Waals surface area contributed by atoms with Crippen LogP contribution in [-0.2, 0) is 7.05 Å². The summed E-state index contributed by atoms with van der Waals surface area (Å²) < 4.78 is 1.74. The number of nitrogens with one attached hydrogen (secondary N) is 2. The van der Waals surface area contributed by atoms with Crippen molar-refractivity contribution in [1.29, 1.82) is 0 Å². The molecule has 0 bridgehead atoms. The van der Waals surface area contributed by atoms with Gasteiger partial charge in [-0.15, -0.1) is 0 Å². The molecule has 27 heavy (non-hydrogen) atoms. The second kappa shape index (κ2) is 7.57. The molecule has 1 amide bonds. The molecule has 1 aromatic carbocycles. The summed E-state index contributed by atoms with van der Waals surface area (Å²) in [6.07, 6.45) is 3.47. The average Bonchev–Trinajstić information content (AvgIpc) is 2.95. The largest absolute Gasteiger partial charge is 0.345 e. The van der Waals surface area contributed by atoms with Gasteiger partial charge in [0.1, 0.15) is 0 Å². The number of rotatable bonds is 5. The summed E-state index contributed by atoms with van der Waals surface area (Å²) in [6, 6.07) is 7.80. The normalized spacial score (nSPS) is 11.9. The Labute approximate surface area is 158 Å². The molecule has 0 saturated heterocycles. The number of amides is 1. The van der Waals surface area contributed by atoms with Crippen LogP contribution in [0.3, 0.4) is 0 Å². The molecule has 0 saturated carbocycles. The van der Waals surface area contributed by atoms with E-state index in [9.17, 15) is 4.79 Å². The van der Waals surface area contributed by atoms with Crippen LogP contribution >= 0.6 is 0 Å². The first kappa shape index (κ1) is 18.6. The maximum absolute atomic E-state index is 12.6. The van der Waals surface area contributed by atoms with Crippen LogP contribution in [0, 0.1) is 20.8 Å². The molecule has 0 spiro atoms. The Morgan fingerprint density at radius 1 is 1.11 bits per heavy atom. The molecule has 7 nitrogen and oxygen atoms in total.